The standard InChI is InChI=1S/C10H17N3O2S/c1-2-4-11-10-12-5-6-13(10)9-3-7-16(14,15)8-9/h5-6,9H,2-4,7-8H2,1H3,(H,11,12). The van der Waals surface area contributed by atoms with Crippen LogP contribution < -0.4 is 5.32 Å². The first-order chi connectivity index (χ1) is 7.62. The predicted octanol–water partition coefficient (Wildman–Crippen LogP) is 1.06. The van der Waals surface area contributed by atoms with E-state index in [-0.39, 0.29) is 11.8 Å². The second kappa shape index (κ2) is 4.45. The van der Waals surface area contributed by atoms with Gasteiger partial charge in [0.15, 0.2) is 9.84 Å². The van der Waals surface area contributed by atoms with Gasteiger partial charge < -0.3 is 9.88 Å². The van der Waals surface area contributed by atoms with Crippen LogP contribution in [0.15, 0.2) is 12.4 Å². The van der Waals surface area contributed by atoms with E-state index in [2.05, 4.69) is 17.2 Å². The zero-order valence-corrected chi connectivity index (χ0v) is 10.2. The van der Waals surface area contributed by atoms with Gasteiger partial charge in [-0.3, -0.25) is 0 Å². The van der Waals surface area contributed by atoms with E-state index in [0.29, 0.717) is 12.2 Å². The third kappa shape index (κ3) is 2.37. The van der Waals surface area contributed by atoms with Crippen LogP contribution in [0.3, 0.4) is 0 Å². The Labute approximate surface area is 95.8 Å². The van der Waals surface area contributed by atoms with Crippen LogP contribution in [-0.4, -0.2) is 36.0 Å². The van der Waals surface area contributed by atoms with Crippen LogP contribution in [-0.2, 0) is 9.84 Å². The molecule has 1 saturated heterocycles. The van der Waals surface area contributed by atoms with Crippen molar-refractivity contribution in [2.45, 2.75) is 25.8 Å². The van der Waals surface area contributed by atoms with E-state index in [0.717, 1.165) is 18.9 Å². The zero-order valence-electron chi connectivity index (χ0n) is 9.39. The number of nitrogens with one attached hydrogen (secondary N) is 1. The van der Waals surface area contributed by atoms with Gasteiger partial charge >= 0.3 is 0 Å². The van der Waals surface area contributed by atoms with Crippen LogP contribution in [0.2, 0.25) is 0 Å². The van der Waals surface area contributed by atoms with E-state index in [4.69, 9.17) is 0 Å². The molecule has 2 heterocycles. The lowest BCUT2D eigenvalue weighted by atomic mass is 10.2. The molecule has 0 radical (unpaired) electrons. The summed E-state index contributed by atoms with van der Waals surface area (Å²) in [6, 6.07) is 0.0480. The highest BCUT2D eigenvalue weighted by molar-refractivity contribution is 7.91. The molecule has 1 aliphatic rings. The zero-order chi connectivity index (χ0) is 11.6. The van der Waals surface area contributed by atoms with Crippen molar-refractivity contribution in [3.63, 3.8) is 0 Å². The minimum atomic E-state index is -2.84. The van der Waals surface area contributed by atoms with Gasteiger partial charge in [0.2, 0.25) is 5.95 Å². The van der Waals surface area contributed by atoms with E-state index >= 15 is 0 Å². The Kier molecular flexibility index (Phi) is 3.18. The molecule has 1 aromatic rings. The molecule has 0 amide bonds. The molecule has 2 rings (SSSR count). The van der Waals surface area contributed by atoms with E-state index in [1.165, 1.54) is 0 Å². The molecule has 0 bridgehead atoms. The van der Waals surface area contributed by atoms with Crippen molar-refractivity contribution in [1.82, 2.24) is 9.55 Å². The molecule has 5 nitrogen and oxygen atoms in total. The monoisotopic (exact) mass is 243 g/mol. The summed E-state index contributed by atoms with van der Waals surface area (Å²) in [5.74, 6) is 1.32. The highest BCUT2D eigenvalue weighted by Crippen LogP contribution is 2.26. The van der Waals surface area contributed by atoms with Gasteiger partial charge in [-0.15, -0.1) is 0 Å². The molecule has 1 aliphatic heterocycles. The molecule has 90 valence electrons. The Hall–Kier alpha value is -1.04. The Bertz CT molecular complexity index is 452. The number of anilines is 1. The number of aromatic nitrogens is 2. The summed E-state index contributed by atoms with van der Waals surface area (Å²) < 4.78 is 24.8. The van der Waals surface area contributed by atoms with Gasteiger partial charge in [0.1, 0.15) is 0 Å². The van der Waals surface area contributed by atoms with Crippen LogP contribution in [0.4, 0.5) is 5.95 Å². The minimum Gasteiger partial charge on any atom is -0.356 e. The van der Waals surface area contributed by atoms with Crippen LogP contribution in [0.5, 0.6) is 0 Å². The molecule has 1 fully saturated rings. The second-order valence-corrected chi connectivity index (χ2v) is 6.37. The molecule has 16 heavy (non-hydrogen) atoms. The third-order valence-electron chi connectivity index (χ3n) is 2.80. The summed E-state index contributed by atoms with van der Waals surface area (Å²) in [6.07, 6.45) is 5.28. The lowest BCUT2D eigenvalue weighted by Gasteiger charge is -2.14. The number of sulfone groups is 1. The molecule has 1 aromatic heterocycles. The maximum Gasteiger partial charge on any atom is 0.203 e. The van der Waals surface area contributed by atoms with Gasteiger partial charge in [-0.2, -0.15) is 0 Å². The van der Waals surface area contributed by atoms with Crippen molar-refractivity contribution in [2.75, 3.05) is 23.4 Å². The Morgan fingerprint density at radius 1 is 1.62 bits per heavy atom. The van der Waals surface area contributed by atoms with E-state index in [9.17, 15) is 8.42 Å². The molecule has 0 saturated carbocycles. The summed E-state index contributed by atoms with van der Waals surface area (Å²) in [6.45, 7) is 2.94. The van der Waals surface area contributed by atoms with Gasteiger partial charge in [-0.1, -0.05) is 6.92 Å². The van der Waals surface area contributed by atoms with Crippen molar-refractivity contribution in [1.29, 1.82) is 0 Å². The van der Waals surface area contributed by atoms with Gasteiger partial charge in [0, 0.05) is 18.9 Å². The molecule has 6 heteroatoms. The smallest absolute Gasteiger partial charge is 0.203 e. The molecular weight excluding hydrogens is 226 g/mol. The van der Waals surface area contributed by atoms with Crippen LogP contribution in [0.25, 0.3) is 0 Å². The number of hydrogen-bond donors (Lipinski definition) is 1. The number of nitrogens with zero attached hydrogens (tertiary/aromatic N) is 2. The summed E-state index contributed by atoms with van der Waals surface area (Å²) in [4.78, 5) is 4.20. The van der Waals surface area contributed by atoms with Crippen LogP contribution in [0.1, 0.15) is 25.8 Å². The van der Waals surface area contributed by atoms with Crippen molar-refractivity contribution in [2.24, 2.45) is 0 Å². The first-order valence-corrected chi connectivity index (χ1v) is 7.41. The predicted molar refractivity (Wildman–Crippen MR) is 63.3 cm³/mol. The largest absolute Gasteiger partial charge is 0.356 e. The molecule has 1 unspecified atom stereocenters. The van der Waals surface area contributed by atoms with Crippen LogP contribution >= 0.6 is 0 Å². The van der Waals surface area contributed by atoms with Crippen molar-refractivity contribution < 1.29 is 8.42 Å². The fourth-order valence-electron chi connectivity index (χ4n) is 1.98. The number of hydrogen-bond acceptors (Lipinski definition) is 4. The second-order valence-electron chi connectivity index (χ2n) is 4.14. The minimum absolute atomic E-state index is 0.0480. The third-order valence-corrected chi connectivity index (χ3v) is 4.55. The SMILES string of the molecule is CCCNc1nccn1C1CCS(=O)(=O)C1. The normalized spacial score (nSPS) is 23.4. The highest BCUT2D eigenvalue weighted by atomic mass is 32.2. The van der Waals surface area contributed by atoms with Crippen molar-refractivity contribution in [3.8, 4) is 0 Å². The van der Waals surface area contributed by atoms with Gasteiger partial charge in [0.25, 0.3) is 0 Å². The van der Waals surface area contributed by atoms with E-state index in [1.807, 2.05) is 10.8 Å². The van der Waals surface area contributed by atoms with Crippen molar-refractivity contribution >= 4 is 15.8 Å². The number of imidazole rings is 1. The van der Waals surface area contributed by atoms with Gasteiger partial charge in [-0.05, 0) is 12.8 Å². The summed E-state index contributed by atoms with van der Waals surface area (Å²) >= 11 is 0. The molecule has 0 aliphatic carbocycles. The lowest BCUT2D eigenvalue weighted by molar-refractivity contribution is 0.559. The molecule has 1 N–H and O–H groups in total. The molecule has 1 atom stereocenters. The Balaban J connectivity index is 2.12. The first-order valence-electron chi connectivity index (χ1n) is 5.59. The van der Waals surface area contributed by atoms with Gasteiger partial charge in [-0.25, -0.2) is 13.4 Å². The van der Waals surface area contributed by atoms with Crippen molar-refractivity contribution in [3.05, 3.63) is 12.4 Å². The Morgan fingerprint density at radius 3 is 3.06 bits per heavy atom. The average Bonchev–Trinajstić information content (AvgIpc) is 2.81. The lowest BCUT2D eigenvalue weighted by Crippen LogP contribution is -2.14. The van der Waals surface area contributed by atoms with E-state index in [1.54, 1.807) is 6.20 Å². The van der Waals surface area contributed by atoms with E-state index < -0.39 is 9.84 Å². The fourth-order valence-corrected chi connectivity index (χ4v) is 3.69. The van der Waals surface area contributed by atoms with Gasteiger partial charge in [0.05, 0.1) is 17.5 Å². The maximum absolute atomic E-state index is 11.4. The van der Waals surface area contributed by atoms with Crippen LogP contribution in [0, 0.1) is 0 Å². The highest BCUT2D eigenvalue weighted by Gasteiger charge is 2.30. The summed E-state index contributed by atoms with van der Waals surface area (Å²) in [5.41, 5.74) is 0. The summed E-state index contributed by atoms with van der Waals surface area (Å²) in [7, 11) is -2.84. The summed E-state index contributed by atoms with van der Waals surface area (Å²) in [5, 5.41) is 3.20. The first kappa shape index (κ1) is 11.4. The topological polar surface area (TPSA) is 64.0 Å². The fraction of sp³-hybridized carbons (Fsp3) is 0.700. The quantitative estimate of drug-likeness (QED) is 0.859. The molecule has 0 spiro atoms. The molecular formula is C10H17N3O2S. The Morgan fingerprint density at radius 2 is 2.44 bits per heavy atom. The average molecular weight is 243 g/mol. The molecule has 0 aromatic carbocycles. The maximum atomic E-state index is 11.4. The number of rotatable bonds is 4.